The van der Waals surface area contributed by atoms with E-state index < -0.39 is 5.97 Å². The summed E-state index contributed by atoms with van der Waals surface area (Å²) in [5.41, 5.74) is 0. The fraction of sp³-hybridized carbons (Fsp3) is 0.600. The molecule has 15 heavy (non-hydrogen) atoms. The molecule has 1 amide bonds. The first-order valence-corrected chi connectivity index (χ1v) is 6.08. The lowest BCUT2D eigenvalue weighted by atomic mass is 10.0. The maximum atomic E-state index is 11.3. The third kappa shape index (κ3) is 5.47. The molecule has 5 heteroatoms. The predicted octanol–water partition coefficient (Wildman–Crippen LogP) is 1.03. The number of amides is 1. The molecule has 0 fully saturated rings. The standard InChI is InChI=1S/C10H15NO3S/c12-9(6-15-7-10(13)14)11-8-4-2-1-3-5-8/h1-2,8H,3-7H2,(H,11,12)(H,13,14). The van der Waals surface area contributed by atoms with Crippen molar-refractivity contribution < 1.29 is 14.7 Å². The molecule has 84 valence electrons. The number of carboxylic acids is 1. The van der Waals surface area contributed by atoms with E-state index in [9.17, 15) is 9.59 Å². The molecule has 1 atom stereocenters. The van der Waals surface area contributed by atoms with Crippen molar-refractivity contribution in [1.29, 1.82) is 0 Å². The van der Waals surface area contributed by atoms with Crippen LogP contribution in [0.4, 0.5) is 0 Å². The van der Waals surface area contributed by atoms with Gasteiger partial charge >= 0.3 is 5.97 Å². The molecule has 2 N–H and O–H groups in total. The zero-order valence-electron chi connectivity index (χ0n) is 8.44. The first kappa shape index (κ1) is 12.1. The van der Waals surface area contributed by atoms with Crippen molar-refractivity contribution in [2.75, 3.05) is 11.5 Å². The fourth-order valence-corrected chi connectivity index (χ4v) is 1.97. The van der Waals surface area contributed by atoms with Gasteiger partial charge in [0.2, 0.25) is 5.91 Å². The Bertz CT molecular complexity index is 265. The Labute approximate surface area is 93.1 Å². The molecule has 1 aliphatic rings. The molecule has 1 aliphatic carbocycles. The van der Waals surface area contributed by atoms with Gasteiger partial charge in [-0.05, 0) is 19.3 Å². The molecule has 0 radical (unpaired) electrons. The van der Waals surface area contributed by atoms with Crippen LogP contribution >= 0.6 is 11.8 Å². The van der Waals surface area contributed by atoms with Crippen molar-refractivity contribution in [3.63, 3.8) is 0 Å². The SMILES string of the molecule is O=C(O)CSCC(=O)NC1CC=CCC1. The lowest BCUT2D eigenvalue weighted by molar-refractivity contribution is -0.133. The van der Waals surface area contributed by atoms with Gasteiger partial charge in [-0.3, -0.25) is 9.59 Å². The second-order valence-corrected chi connectivity index (χ2v) is 4.42. The third-order valence-corrected chi connectivity index (χ3v) is 3.01. The highest BCUT2D eigenvalue weighted by molar-refractivity contribution is 8.00. The zero-order valence-corrected chi connectivity index (χ0v) is 9.26. The van der Waals surface area contributed by atoms with Crippen molar-refractivity contribution in [1.82, 2.24) is 5.32 Å². The first-order chi connectivity index (χ1) is 7.18. The van der Waals surface area contributed by atoms with Crippen molar-refractivity contribution in [3.05, 3.63) is 12.2 Å². The van der Waals surface area contributed by atoms with E-state index >= 15 is 0 Å². The van der Waals surface area contributed by atoms with Gasteiger partial charge < -0.3 is 10.4 Å². The Morgan fingerprint density at radius 2 is 2.20 bits per heavy atom. The molecule has 0 saturated carbocycles. The molecule has 0 aromatic carbocycles. The minimum Gasteiger partial charge on any atom is -0.481 e. The van der Waals surface area contributed by atoms with Crippen LogP contribution in [0.5, 0.6) is 0 Å². The van der Waals surface area contributed by atoms with Crippen molar-refractivity contribution >= 4 is 23.6 Å². The van der Waals surface area contributed by atoms with E-state index in [0.717, 1.165) is 31.0 Å². The number of thioether (sulfide) groups is 1. The summed E-state index contributed by atoms with van der Waals surface area (Å²) in [7, 11) is 0. The van der Waals surface area contributed by atoms with Gasteiger partial charge in [-0.2, -0.15) is 0 Å². The van der Waals surface area contributed by atoms with Crippen LogP contribution in [0.15, 0.2) is 12.2 Å². The number of allylic oxidation sites excluding steroid dienone is 1. The molecular formula is C10H15NO3S. The summed E-state index contributed by atoms with van der Waals surface area (Å²) in [6.45, 7) is 0. The molecule has 0 aromatic heterocycles. The minimum absolute atomic E-state index is 0.0159. The fourth-order valence-electron chi connectivity index (χ4n) is 1.43. The molecule has 0 aliphatic heterocycles. The van der Waals surface area contributed by atoms with E-state index in [1.807, 2.05) is 0 Å². The summed E-state index contributed by atoms with van der Waals surface area (Å²) in [5.74, 6) is -0.736. The summed E-state index contributed by atoms with van der Waals surface area (Å²) in [6, 6.07) is 0.230. The predicted molar refractivity (Wildman–Crippen MR) is 59.9 cm³/mol. The Kier molecular flexibility index (Phi) is 5.25. The monoisotopic (exact) mass is 229 g/mol. The van der Waals surface area contributed by atoms with Crippen molar-refractivity contribution in [2.24, 2.45) is 0 Å². The van der Waals surface area contributed by atoms with Gasteiger partial charge in [-0.1, -0.05) is 12.2 Å². The van der Waals surface area contributed by atoms with Gasteiger partial charge in [0, 0.05) is 6.04 Å². The van der Waals surface area contributed by atoms with Crippen LogP contribution < -0.4 is 5.32 Å². The van der Waals surface area contributed by atoms with Crippen LogP contribution in [-0.2, 0) is 9.59 Å². The van der Waals surface area contributed by atoms with Crippen molar-refractivity contribution in [3.8, 4) is 0 Å². The maximum absolute atomic E-state index is 11.3. The quantitative estimate of drug-likeness (QED) is 0.691. The largest absolute Gasteiger partial charge is 0.481 e. The number of hydrogen-bond acceptors (Lipinski definition) is 3. The van der Waals surface area contributed by atoms with Crippen LogP contribution in [0.25, 0.3) is 0 Å². The van der Waals surface area contributed by atoms with E-state index in [1.54, 1.807) is 0 Å². The molecule has 0 aromatic rings. The first-order valence-electron chi connectivity index (χ1n) is 4.92. The van der Waals surface area contributed by atoms with Gasteiger partial charge in [0.25, 0.3) is 0 Å². The normalized spacial score (nSPS) is 19.9. The molecule has 1 rings (SSSR count). The Morgan fingerprint density at radius 3 is 2.80 bits per heavy atom. The smallest absolute Gasteiger partial charge is 0.313 e. The number of carbonyl (C=O) groups is 2. The summed E-state index contributed by atoms with van der Waals surface area (Å²) in [6.07, 6.45) is 7.05. The van der Waals surface area contributed by atoms with Crippen LogP contribution in [0, 0.1) is 0 Å². The molecule has 1 unspecified atom stereocenters. The number of carbonyl (C=O) groups excluding carboxylic acids is 1. The Morgan fingerprint density at radius 1 is 1.40 bits per heavy atom. The summed E-state index contributed by atoms with van der Waals surface area (Å²) in [4.78, 5) is 21.6. The lowest BCUT2D eigenvalue weighted by Crippen LogP contribution is -2.36. The highest BCUT2D eigenvalue weighted by Gasteiger charge is 2.12. The Balaban J connectivity index is 2.12. The van der Waals surface area contributed by atoms with Gasteiger partial charge in [0.1, 0.15) is 0 Å². The number of nitrogens with one attached hydrogen (secondary N) is 1. The molecule has 0 saturated heterocycles. The van der Waals surface area contributed by atoms with Gasteiger partial charge in [-0.25, -0.2) is 0 Å². The number of rotatable bonds is 5. The van der Waals surface area contributed by atoms with E-state index in [2.05, 4.69) is 17.5 Å². The topological polar surface area (TPSA) is 66.4 Å². The van der Waals surface area contributed by atoms with Crippen LogP contribution in [0.1, 0.15) is 19.3 Å². The lowest BCUT2D eigenvalue weighted by Gasteiger charge is -2.18. The Hall–Kier alpha value is -0.970. The maximum Gasteiger partial charge on any atom is 0.313 e. The molecule has 4 nitrogen and oxygen atoms in total. The molecule has 0 heterocycles. The highest BCUT2D eigenvalue weighted by Crippen LogP contribution is 2.10. The average molecular weight is 229 g/mol. The van der Waals surface area contributed by atoms with E-state index in [4.69, 9.17) is 5.11 Å². The summed E-state index contributed by atoms with van der Waals surface area (Å²) in [5, 5.41) is 11.3. The third-order valence-electron chi connectivity index (χ3n) is 2.09. The average Bonchev–Trinajstić information content (AvgIpc) is 2.18. The minimum atomic E-state index is -0.881. The number of aliphatic carboxylic acids is 1. The van der Waals surface area contributed by atoms with Crippen LogP contribution in [-0.4, -0.2) is 34.5 Å². The van der Waals surface area contributed by atoms with E-state index in [-0.39, 0.29) is 23.5 Å². The van der Waals surface area contributed by atoms with Crippen molar-refractivity contribution in [2.45, 2.75) is 25.3 Å². The number of carboxylic acid groups (broad SMARTS) is 1. The summed E-state index contributed by atoms with van der Waals surface area (Å²) < 4.78 is 0. The molecular weight excluding hydrogens is 214 g/mol. The second-order valence-electron chi connectivity index (χ2n) is 3.44. The van der Waals surface area contributed by atoms with Crippen LogP contribution in [0.3, 0.4) is 0 Å². The highest BCUT2D eigenvalue weighted by atomic mass is 32.2. The van der Waals surface area contributed by atoms with E-state index in [1.165, 1.54) is 0 Å². The molecule has 0 bridgehead atoms. The van der Waals surface area contributed by atoms with E-state index in [0.29, 0.717) is 0 Å². The van der Waals surface area contributed by atoms with Gasteiger partial charge in [0.15, 0.2) is 0 Å². The second kappa shape index (κ2) is 6.50. The number of hydrogen-bond donors (Lipinski definition) is 2. The molecule has 0 spiro atoms. The van der Waals surface area contributed by atoms with Gasteiger partial charge in [0.05, 0.1) is 11.5 Å². The van der Waals surface area contributed by atoms with Gasteiger partial charge in [-0.15, -0.1) is 11.8 Å². The van der Waals surface area contributed by atoms with Crippen LogP contribution in [0.2, 0.25) is 0 Å². The summed E-state index contributed by atoms with van der Waals surface area (Å²) >= 11 is 1.13. The zero-order chi connectivity index (χ0) is 11.1.